The van der Waals surface area contributed by atoms with E-state index in [0.717, 1.165) is 33.6 Å². The number of benzene rings is 2. The molecule has 8 nitrogen and oxygen atoms in total. The van der Waals surface area contributed by atoms with Crippen molar-refractivity contribution in [1.82, 2.24) is 9.88 Å². The number of aromatic nitrogens is 1. The van der Waals surface area contributed by atoms with E-state index in [4.69, 9.17) is 4.74 Å². The van der Waals surface area contributed by atoms with Gasteiger partial charge in [-0.15, -0.1) is 0 Å². The molecule has 0 unspecified atom stereocenters. The molecule has 9 heteroatoms. The highest BCUT2D eigenvalue weighted by Gasteiger charge is 2.38. The Labute approximate surface area is 206 Å². The molecule has 0 spiro atoms. The molecule has 2 aromatic carbocycles. The Bertz CT molecular complexity index is 1270. The predicted octanol–water partition coefficient (Wildman–Crippen LogP) is 4.61. The molecular formula is C26H25N3O5S. The summed E-state index contributed by atoms with van der Waals surface area (Å²) in [4.78, 5) is 43.2. The number of nitrogens with zero attached hydrogens (tertiary/aromatic N) is 2. The van der Waals surface area contributed by atoms with Gasteiger partial charge in [-0.1, -0.05) is 66.8 Å². The van der Waals surface area contributed by atoms with Crippen LogP contribution in [0.5, 0.6) is 0 Å². The van der Waals surface area contributed by atoms with Gasteiger partial charge in [-0.05, 0) is 35.1 Å². The van der Waals surface area contributed by atoms with Gasteiger partial charge in [0.15, 0.2) is 5.13 Å². The molecule has 2 amide bonds. The second kappa shape index (κ2) is 9.14. The summed E-state index contributed by atoms with van der Waals surface area (Å²) in [7, 11) is 0. The number of carboxylic acid groups (broad SMARTS) is 1. The summed E-state index contributed by atoms with van der Waals surface area (Å²) >= 11 is 1.07. The van der Waals surface area contributed by atoms with Gasteiger partial charge < -0.3 is 14.7 Å². The summed E-state index contributed by atoms with van der Waals surface area (Å²) < 4.78 is 5.56. The number of aryl methyl sites for hydroxylation is 1. The summed E-state index contributed by atoms with van der Waals surface area (Å²) in [6.45, 7) is 4.25. The number of carbonyl (C=O) groups excluding carboxylic acids is 2. The van der Waals surface area contributed by atoms with E-state index in [1.807, 2.05) is 31.2 Å². The van der Waals surface area contributed by atoms with Gasteiger partial charge in [-0.2, -0.15) is 0 Å². The van der Waals surface area contributed by atoms with Crippen molar-refractivity contribution in [2.24, 2.45) is 11.8 Å². The van der Waals surface area contributed by atoms with Crippen LogP contribution >= 0.6 is 11.3 Å². The van der Waals surface area contributed by atoms with Crippen molar-refractivity contribution in [3.05, 3.63) is 70.2 Å². The summed E-state index contributed by atoms with van der Waals surface area (Å²) in [5.74, 6) is -1.92. The first-order valence-corrected chi connectivity index (χ1v) is 12.3. The van der Waals surface area contributed by atoms with Crippen LogP contribution in [0.4, 0.5) is 9.93 Å². The third-order valence-corrected chi connectivity index (χ3v) is 7.82. The minimum Gasteiger partial charge on any atom is -0.481 e. The third-order valence-electron chi connectivity index (χ3n) is 6.76. The average Bonchev–Trinajstić information content (AvgIpc) is 3.50. The average molecular weight is 492 g/mol. The van der Waals surface area contributed by atoms with Crippen LogP contribution in [0.25, 0.3) is 11.1 Å². The number of amides is 2. The molecule has 2 N–H and O–H groups in total. The highest BCUT2D eigenvalue weighted by atomic mass is 32.1. The first-order valence-electron chi connectivity index (χ1n) is 11.4. The fourth-order valence-electron chi connectivity index (χ4n) is 4.97. The minimum absolute atomic E-state index is 0.0531. The van der Waals surface area contributed by atoms with Gasteiger partial charge in [0.1, 0.15) is 11.5 Å². The fraction of sp³-hybridized carbons (Fsp3) is 0.308. The summed E-state index contributed by atoms with van der Waals surface area (Å²) in [6.07, 6.45) is -0.639. The van der Waals surface area contributed by atoms with Crippen molar-refractivity contribution in [2.75, 3.05) is 25.0 Å². The number of nitrogens with one attached hydrogen (secondary N) is 1. The molecule has 1 saturated heterocycles. The van der Waals surface area contributed by atoms with E-state index in [-0.39, 0.29) is 36.0 Å². The standard InChI is InChI=1S/C26H25N3O5S/c1-14-11-29(12-20(14)24(31)32)23(30)22-15(2)27-25(35-22)28-26(33)34-13-21-18-9-5-3-7-16(18)17-8-4-6-10-19(17)21/h3-10,14,20-21H,11-13H2,1-2H3,(H,31,32)(H,27,28,33)/t14-,20-/m0/s1. The summed E-state index contributed by atoms with van der Waals surface area (Å²) in [5.41, 5.74) is 5.03. The Hall–Kier alpha value is -3.72. The van der Waals surface area contributed by atoms with Crippen molar-refractivity contribution in [2.45, 2.75) is 19.8 Å². The molecule has 3 aromatic rings. The van der Waals surface area contributed by atoms with E-state index in [1.54, 1.807) is 11.8 Å². The highest BCUT2D eigenvalue weighted by molar-refractivity contribution is 7.17. The first kappa shape index (κ1) is 23.0. The monoisotopic (exact) mass is 491 g/mol. The van der Waals surface area contributed by atoms with E-state index < -0.39 is 18.0 Å². The van der Waals surface area contributed by atoms with E-state index in [1.165, 1.54) is 0 Å². The maximum absolute atomic E-state index is 13.0. The zero-order valence-corrected chi connectivity index (χ0v) is 20.2. The minimum atomic E-state index is -0.897. The second-order valence-corrected chi connectivity index (χ2v) is 10.0. The number of rotatable bonds is 5. The van der Waals surface area contributed by atoms with E-state index in [2.05, 4.69) is 34.6 Å². The van der Waals surface area contributed by atoms with Crippen molar-refractivity contribution in [3.63, 3.8) is 0 Å². The number of carbonyl (C=O) groups is 3. The zero-order chi connectivity index (χ0) is 24.7. The van der Waals surface area contributed by atoms with Crippen molar-refractivity contribution >= 4 is 34.4 Å². The van der Waals surface area contributed by atoms with Crippen LogP contribution in [0, 0.1) is 18.8 Å². The SMILES string of the molecule is Cc1nc(NC(=O)OCC2c3ccccc3-c3ccccc32)sc1C(=O)N1C[C@H](C(=O)O)[C@@H](C)C1. The van der Waals surface area contributed by atoms with Gasteiger partial charge in [0.2, 0.25) is 0 Å². The zero-order valence-electron chi connectivity index (χ0n) is 19.4. The number of thiazole rings is 1. The normalized spacial score (nSPS) is 18.7. The van der Waals surface area contributed by atoms with Gasteiger partial charge >= 0.3 is 12.1 Å². The van der Waals surface area contributed by atoms with Crippen LogP contribution in [0.2, 0.25) is 0 Å². The molecule has 1 aromatic heterocycles. The van der Waals surface area contributed by atoms with Crippen LogP contribution in [-0.2, 0) is 9.53 Å². The van der Waals surface area contributed by atoms with Crippen molar-refractivity contribution < 1.29 is 24.2 Å². The van der Waals surface area contributed by atoms with Gasteiger partial charge in [-0.25, -0.2) is 9.78 Å². The largest absolute Gasteiger partial charge is 0.481 e. The lowest BCUT2D eigenvalue weighted by molar-refractivity contribution is -0.142. The molecule has 0 radical (unpaired) electrons. The fourth-order valence-corrected chi connectivity index (χ4v) is 5.89. The number of anilines is 1. The Morgan fingerprint density at radius 3 is 2.31 bits per heavy atom. The van der Waals surface area contributed by atoms with E-state index >= 15 is 0 Å². The molecule has 35 heavy (non-hydrogen) atoms. The summed E-state index contributed by atoms with van der Waals surface area (Å²) in [5, 5.41) is 12.2. The number of hydrogen-bond donors (Lipinski definition) is 2. The van der Waals surface area contributed by atoms with Crippen LogP contribution in [0.15, 0.2) is 48.5 Å². The van der Waals surface area contributed by atoms with Crippen molar-refractivity contribution in [1.29, 1.82) is 0 Å². The predicted molar refractivity (Wildman–Crippen MR) is 132 cm³/mol. The molecule has 1 aliphatic heterocycles. The van der Waals surface area contributed by atoms with E-state index in [0.29, 0.717) is 17.1 Å². The first-order chi connectivity index (χ1) is 16.8. The Balaban J connectivity index is 1.24. The molecule has 180 valence electrons. The topological polar surface area (TPSA) is 109 Å². The Morgan fingerprint density at radius 1 is 1.09 bits per heavy atom. The Kier molecular flexibility index (Phi) is 6.02. The lowest BCUT2D eigenvalue weighted by Crippen LogP contribution is -2.29. The lowest BCUT2D eigenvalue weighted by atomic mass is 9.98. The number of fused-ring (bicyclic) bond motifs is 3. The van der Waals surface area contributed by atoms with Gasteiger partial charge in [0.05, 0.1) is 11.6 Å². The number of likely N-dealkylation sites (tertiary alicyclic amines) is 1. The van der Waals surface area contributed by atoms with Crippen LogP contribution in [0.3, 0.4) is 0 Å². The number of ether oxygens (including phenoxy) is 1. The smallest absolute Gasteiger partial charge is 0.413 e. The molecule has 2 aliphatic rings. The quantitative estimate of drug-likeness (QED) is 0.540. The number of hydrogen-bond acceptors (Lipinski definition) is 6. The van der Waals surface area contributed by atoms with Gasteiger partial charge in [-0.3, -0.25) is 14.9 Å². The van der Waals surface area contributed by atoms with Crippen molar-refractivity contribution in [3.8, 4) is 11.1 Å². The number of aliphatic carboxylic acids is 1. The van der Waals surface area contributed by atoms with Crippen LogP contribution in [-0.4, -0.2) is 52.7 Å². The molecule has 5 rings (SSSR count). The van der Waals surface area contributed by atoms with Gasteiger partial charge in [0.25, 0.3) is 5.91 Å². The molecule has 0 bridgehead atoms. The highest BCUT2D eigenvalue weighted by Crippen LogP contribution is 2.44. The third kappa shape index (κ3) is 4.27. The maximum atomic E-state index is 13.0. The van der Waals surface area contributed by atoms with E-state index in [9.17, 15) is 19.5 Å². The van der Waals surface area contributed by atoms with Crippen LogP contribution in [0.1, 0.15) is 39.3 Å². The molecular weight excluding hydrogens is 466 g/mol. The Morgan fingerprint density at radius 2 is 1.71 bits per heavy atom. The second-order valence-electron chi connectivity index (χ2n) is 9.02. The summed E-state index contributed by atoms with van der Waals surface area (Å²) in [6, 6.07) is 16.2. The molecule has 2 atom stereocenters. The molecule has 1 aliphatic carbocycles. The molecule has 1 fully saturated rings. The van der Waals surface area contributed by atoms with Gasteiger partial charge in [0, 0.05) is 19.0 Å². The lowest BCUT2D eigenvalue weighted by Gasteiger charge is -2.15. The maximum Gasteiger partial charge on any atom is 0.413 e. The number of carboxylic acids is 1. The molecule has 2 heterocycles. The van der Waals surface area contributed by atoms with Crippen LogP contribution < -0.4 is 5.32 Å². The molecule has 0 saturated carbocycles.